The fraction of sp³-hybridized carbons (Fsp3) is 0.500. The van der Waals surface area contributed by atoms with E-state index in [0.717, 1.165) is 36.0 Å². The summed E-state index contributed by atoms with van der Waals surface area (Å²) in [6, 6.07) is 0. The molecule has 2 heterocycles. The highest BCUT2D eigenvalue weighted by molar-refractivity contribution is 7.18. The van der Waals surface area contributed by atoms with E-state index in [2.05, 4.69) is 11.9 Å². The van der Waals surface area contributed by atoms with Gasteiger partial charge in [0.1, 0.15) is 4.83 Å². The second-order valence-electron chi connectivity index (χ2n) is 4.28. The van der Waals surface area contributed by atoms with Crippen molar-refractivity contribution in [3.8, 4) is 0 Å². The second kappa shape index (κ2) is 3.70. The van der Waals surface area contributed by atoms with Crippen LogP contribution in [0.4, 0.5) is 0 Å². The zero-order chi connectivity index (χ0) is 11.1. The number of hydrogen-bond donors (Lipinski definition) is 0. The summed E-state index contributed by atoms with van der Waals surface area (Å²) >= 11 is 1.70. The highest BCUT2D eigenvalue weighted by Gasteiger charge is 2.20. The molecule has 0 radical (unpaired) electrons. The van der Waals surface area contributed by atoms with Crippen molar-refractivity contribution in [1.82, 2.24) is 9.55 Å². The van der Waals surface area contributed by atoms with Crippen molar-refractivity contribution in [1.29, 1.82) is 0 Å². The largest absolute Gasteiger partial charge is 0.299 e. The van der Waals surface area contributed by atoms with Crippen LogP contribution in [-0.4, -0.2) is 9.55 Å². The minimum atomic E-state index is 0.159. The molecule has 0 saturated heterocycles. The molecule has 0 aromatic carbocycles. The lowest BCUT2D eigenvalue weighted by Gasteiger charge is -2.02. The van der Waals surface area contributed by atoms with E-state index >= 15 is 0 Å². The van der Waals surface area contributed by atoms with Gasteiger partial charge < -0.3 is 0 Å². The Hall–Kier alpha value is -1.16. The Morgan fingerprint density at radius 1 is 1.50 bits per heavy atom. The molecule has 0 aliphatic heterocycles. The van der Waals surface area contributed by atoms with Crippen molar-refractivity contribution in [2.24, 2.45) is 0 Å². The molecular weight excluding hydrogens is 220 g/mol. The molecule has 0 bridgehead atoms. The number of fused-ring (bicyclic) bond motifs is 3. The summed E-state index contributed by atoms with van der Waals surface area (Å²) in [5.41, 5.74) is 1.44. The normalized spacial score (nSPS) is 14.6. The van der Waals surface area contributed by atoms with E-state index < -0.39 is 0 Å². The number of aromatic nitrogens is 2. The molecule has 3 rings (SSSR count). The second-order valence-corrected chi connectivity index (χ2v) is 5.36. The molecule has 0 N–H and O–H groups in total. The van der Waals surface area contributed by atoms with Crippen molar-refractivity contribution in [3.63, 3.8) is 0 Å². The van der Waals surface area contributed by atoms with Crippen LogP contribution in [0.25, 0.3) is 10.2 Å². The Morgan fingerprint density at radius 2 is 2.38 bits per heavy atom. The maximum absolute atomic E-state index is 12.3. The average Bonchev–Trinajstić information content (AvgIpc) is 2.81. The van der Waals surface area contributed by atoms with E-state index in [1.165, 1.54) is 16.9 Å². The molecule has 4 heteroatoms. The Morgan fingerprint density at radius 3 is 3.19 bits per heavy atom. The zero-order valence-corrected chi connectivity index (χ0v) is 10.1. The lowest BCUT2D eigenvalue weighted by molar-refractivity contribution is 0.648. The molecule has 2 aromatic heterocycles. The van der Waals surface area contributed by atoms with Crippen molar-refractivity contribution < 1.29 is 0 Å². The van der Waals surface area contributed by atoms with E-state index in [1.54, 1.807) is 22.2 Å². The summed E-state index contributed by atoms with van der Waals surface area (Å²) in [4.78, 5) is 19.0. The number of nitrogens with zero attached hydrogens (tertiary/aromatic N) is 2. The lowest BCUT2D eigenvalue weighted by atomic mass is 10.2. The summed E-state index contributed by atoms with van der Waals surface area (Å²) < 4.78 is 1.74. The SMILES string of the molecule is CCCn1cnc2sc3c(c2c1=O)CCC3. The first kappa shape index (κ1) is 10.0. The predicted octanol–water partition coefficient (Wildman–Crippen LogP) is 2.36. The first-order valence-electron chi connectivity index (χ1n) is 5.81. The number of aryl methyl sites for hydroxylation is 3. The zero-order valence-electron chi connectivity index (χ0n) is 9.32. The van der Waals surface area contributed by atoms with Crippen LogP contribution in [0.1, 0.15) is 30.2 Å². The fourth-order valence-corrected chi connectivity index (χ4v) is 3.64. The van der Waals surface area contributed by atoms with Gasteiger partial charge in [0, 0.05) is 11.4 Å². The first-order chi connectivity index (χ1) is 7.81. The van der Waals surface area contributed by atoms with Gasteiger partial charge in [-0.25, -0.2) is 4.98 Å². The Kier molecular flexibility index (Phi) is 2.32. The van der Waals surface area contributed by atoms with Crippen LogP contribution in [0.15, 0.2) is 11.1 Å². The average molecular weight is 234 g/mol. The van der Waals surface area contributed by atoms with Gasteiger partial charge in [-0.1, -0.05) is 6.92 Å². The Balaban J connectivity index is 2.30. The molecule has 0 saturated carbocycles. The molecule has 16 heavy (non-hydrogen) atoms. The van der Waals surface area contributed by atoms with Gasteiger partial charge in [-0.15, -0.1) is 11.3 Å². The highest BCUT2D eigenvalue weighted by Crippen LogP contribution is 2.34. The minimum Gasteiger partial charge on any atom is -0.299 e. The molecule has 0 atom stereocenters. The highest BCUT2D eigenvalue weighted by atomic mass is 32.1. The van der Waals surface area contributed by atoms with Gasteiger partial charge in [0.2, 0.25) is 0 Å². The van der Waals surface area contributed by atoms with E-state index in [4.69, 9.17) is 0 Å². The maximum Gasteiger partial charge on any atom is 0.262 e. The van der Waals surface area contributed by atoms with Crippen molar-refractivity contribution in [2.45, 2.75) is 39.2 Å². The number of rotatable bonds is 2. The molecule has 84 valence electrons. The van der Waals surface area contributed by atoms with Gasteiger partial charge in [-0.3, -0.25) is 9.36 Å². The maximum atomic E-state index is 12.3. The molecular formula is C12H14N2OS. The molecule has 1 aliphatic rings. The standard InChI is InChI=1S/C12H14N2OS/c1-2-6-14-7-13-11-10(12(14)15)8-4-3-5-9(8)16-11/h7H,2-6H2,1H3. The number of hydrogen-bond acceptors (Lipinski definition) is 3. The van der Waals surface area contributed by atoms with Crippen LogP contribution >= 0.6 is 11.3 Å². The van der Waals surface area contributed by atoms with Crippen LogP contribution in [0.2, 0.25) is 0 Å². The quantitative estimate of drug-likeness (QED) is 0.799. The topological polar surface area (TPSA) is 34.9 Å². The van der Waals surface area contributed by atoms with E-state index in [9.17, 15) is 4.79 Å². The van der Waals surface area contributed by atoms with Gasteiger partial charge in [-0.2, -0.15) is 0 Å². The van der Waals surface area contributed by atoms with Gasteiger partial charge in [0.15, 0.2) is 0 Å². The summed E-state index contributed by atoms with van der Waals surface area (Å²) in [6.45, 7) is 2.85. The van der Waals surface area contributed by atoms with Gasteiger partial charge >= 0.3 is 0 Å². The van der Waals surface area contributed by atoms with Crippen LogP contribution in [0.3, 0.4) is 0 Å². The fourth-order valence-electron chi connectivity index (χ4n) is 2.42. The molecule has 0 spiro atoms. The van der Waals surface area contributed by atoms with Crippen molar-refractivity contribution in [2.75, 3.05) is 0 Å². The molecule has 3 nitrogen and oxygen atoms in total. The summed E-state index contributed by atoms with van der Waals surface area (Å²) in [7, 11) is 0. The van der Waals surface area contributed by atoms with Crippen LogP contribution in [0.5, 0.6) is 0 Å². The summed E-state index contributed by atoms with van der Waals surface area (Å²) in [5, 5.41) is 0.897. The van der Waals surface area contributed by atoms with Crippen molar-refractivity contribution >= 4 is 21.6 Å². The molecule has 0 fully saturated rings. The molecule has 0 amide bonds. The van der Waals surface area contributed by atoms with Gasteiger partial charge in [0.05, 0.1) is 11.7 Å². The minimum absolute atomic E-state index is 0.159. The Labute approximate surface area is 97.7 Å². The van der Waals surface area contributed by atoms with Crippen LogP contribution in [-0.2, 0) is 19.4 Å². The first-order valence-corrected chi connectivity index (χ1v) is 6.62. The smallest absolute Gasteiger partial charge is 0.262 e. The van der Waals surface area contributed by atoms with E-state index in [1.807, 2.05) is 0 Å². The monoisotopic (exact) mass is 234 g/mol. The molecule has 2 aromatic rings. The van der Waals surface area contributed by atoms with E-state index in [-0.39, 0.29) is 5.56 Å². The number of thiophene rings is 1. The predicted molar refractivity (Wildman–Crippen MR) is 66.2 cm³/mol. The van der Waals surface area contributed by atoms with E-state index in [0.29, 0.717) is 0 Å². The lowest BCUT2D eigenvalue weighted by Crippen LogP contribution is -2.20. The summed E-state index contributed by atoms with van der Waals surface area (Å²) in [5.74, 6) is 0. The third-order valence-corrected chi connectivity index (χ3v) is 4.36. The van der Waals surface area contributed by atoms with Crippen molar-refractivity contribution in [3.05, 3.63) is 27.1 Å². The Bertz CT molecular complexity index is 597. The van der Waals surface area contributed by atoms with Gasteiger partial charge in [0.25, 0.3) is 5.56 Å². The molecule has 1 aliphatic carbocycles. The third kappa shape index (κ3) is 1.33. The summed E-state index contributed by atoms with van der Waals surface area (Å²) in [6.07, 6.45) is 6.05. The van der Waals surface area contributed by atoms with Crippen LogP contribution in [0, 0.1) is 0 Å². The molecule has 0 unspecified atom stereocenters. The third-order valence-electron chi connectivity index (χ3n) is 3.16. The van der Waals surface area contributed by atoms with Crippen LogP contribution < -0.4 is 5.56 Å². The van der Waals surface area contributed by atoms with Gasteiger partial charge in [-0.05, 0) is 31.2 Å².